The average molecular weight is 283 g/mol. The first-order valence-electron chi connectivity index (χ1n) is 5.71. The zero-order valence-electron chi connectivity index (χ0n) is 11.1. The van der Waals surface area contributed by atoms with Crippen LogP contribution < -0.4 is 5.32 Å². The molecule has 0 spiro atoms. The Hall–Kier alpha value is -0.850. The van der Waals surface area contributed by atoms with Gasteiger partial charge in [0.1, 0.15) is 6.04 Å². The zero-order chi connectivity index (χ0) is 13.3. The molecule has 0 aromatic heterocycles. The van der Waals surface area contributed by atoms with Crippen molar-refractivity contribution >= 4 is 24.3 Å². The van der Waals surface area contributed by atoms with Crippen LogP contribution in [-0.2, 0) is 14.3 Å². The standard InChI is InChI=1S/C11H22N2O4.ClH/c1-4-9(11(15)16)13(2)8-10(14)12-6-5-7-17-3;/h9H,4-8H2,1-3H3,(H,12,14)(H,15,16);1H. The molecular formula is C11H23ClN2O4. The van der Waals surface area contributed by atoms with Gasteiger partial charge in [-0.25, -0.2) is 0 Å². The van der Waals surface area contributed by atoms with Gasteiger partial charge in [-0.05, 0) is 19.9 Å². The molecular weight excluding hydrogens is 260 g/mol. The molecule has 7 heteroatoms. The van der Waals surface area contributed by atoms with Crippen molar-refractivity contribution in [3.63, 3.8) is 0 Å². The summed E-state index contributed by atoms with van der Waals surface area (Å²) in [6.07, 6.45) is 1.23. The van der Waals surface area contributed by atoms with Crippen molar-refractivity contribution in [1.29, 1.82) is 0 Å². The Morgan fingerprint density at radius 3 is 2.50 bits per heavy atom. The van der Waals surface area contributed by atoms with Crippen LogP contribution in [0.15, 0.2) is 0 Å². The second-order valence-corrected chi connectivity index (χ2v) is 3.87. The molecule has 0 aliphatic carbocycles. The Morgan fingerprint density at radius 1 is 1.44 bits per heavy atom. The summed E-state index contributed by atoms with van der Waals surface area (Å²) in [5.74, 6) is -1.06. The lowest BCUT2D eigenvalue weighted by molar-refractivity contribution is -0.143. The first-order chi connectivity index (χ1) is 8.02. The van der Waals surface area contributed by atoms with Crippen molar-refractivity contribution in [3.05, 3.63) is 0 Å². The molecule has 0 aliphatic heterocycles. The van der Waals surface area contributed by atoms with Gasteiger partial charge in [-0.15, -0.1) is 12.4 Å². The predicted molar refractivity (Wildman–Crippen MR) is 71.1 cm³/mol. The fourth-order valence-corrected chi connectivity index (χ4v) is 1.51. The van der Waals surface area contributed by atoms with Gasteiger partial charge in [0.25, 0.3) is 0 Å². The number of hydrogen-bond donors (Lipinski definition) is 2. The number of amides is 1. The molecule has 0 radical (unpaired) electrons. The van der Waals surface area contributed by atoms with Crippen LogP contribution in [0.3, 0.4) is 0 Å². The van der Waals surface area contributed by atoms with Crippen LogP contribution >= 0.6 is 12.4 Å². The number of carbonyl (C=O) groups is 2. The van der Waals surface area contributed by atoms with Crippen LogP contribution in [0.1, 0.15) is 19.8 Å². The molecule has 0 bridgehead atoms. The molecule has 18 heavy (non-hydrogen) atoms. The minimum absolute atomic E-state index is 0. The number of hydrogen-bond acceptors (Lipinski definition) is 4. The minimum Gasteiger partial charge on any atom is -0.480 e. The average Bonchev–Trinajstić information content (AvgIpc) is 2.24. The number of nitrogens with one attached hydrogen (secondary N) is 1. The maximum atomic E-state index is 11.5. The van der Waals surface area contributed by atoms with Crippen molar-refractivity contribution in [3.8, 4) is 0 Å². The number of likely N-dealkylation sites (N-methyl/N-ethyl adjacent to an activating group) is 1. The largest absolute Gasteiger partial charge is 0.480 e. The maximum Gasteiger partial charge on any atom is 0.320 e. The molecule has 0 heterocycles. The van der Waals surface area contributed by atoms with Crippen LogP contribution in [0.5, 0.6) is 0 Å². The fraction of sp³-hybridized carbons (Fsp3) is 0.818. The van der Waals surface area contributed by atoms with Gasteiger partial charge in [-0.2, -0.15) is 0 Å². The summed E-state index contributed by atoms with van der Waals surface area (Å²) in [5, 5.41) is 11.6. The van der Waals surface area contributed by atoms with Crippen molar-refractivity contribution in [1.82, 2.24) is 10.2 Å². The van der Waals surface area contributed by atoms with Gasteiger partial charge < -0.3 is 15.2 Å². The Bertz CT molecular complexity index is 251. The van der Waals surface area contributed by atoms with Gasteiger partial charge in [0, 0.05) is 20.3 Å². The van der Waals surface area contributed by atoms with E-state index in [-0.39, 0.29) is 24.9 Å². The minimum atomic E-state index is -0.901. The number of carboxylic acid groups (broad SMARTS) is 1. The third-order valence-corrected chi connectivity index (χ3v) is 2.44. The van der Waals surface area contributed by atoms with E-state index in [2.05, 4.69) is 5.32 Å². The topological polar surface area (TPSA) is 78.9 Å². The Kier molecular flexibility index (Phi) is 12.2. The quantitative estimate of drug-likeness (QED) is 0.597. The summed E-state index contributed by atoms with van der Waals surface area (Å²) in [6.45, 7) is 3.02. The van der Waals surface area contributed by atoms with E-state index < -0.39 is 12.0 Å². The monoisotopic (exact) mass is 282 g/mol. The van der Waals surface area contributed by atoms with E-state index in [1.165, 1.54) is 4.90 Å². The second-order valence-electron chi connectivity index (χ2n) is 3.87. The SMILES string of the molecule is CCC(C(=O)O)N(C)CC(=O)NCCCOC.Cl. The highest BCUT2D eigenvalue weighted by Crippen LogP contribution is 2.01. The Labute approximate surface area is 114 Å². The van der Waals surface area contributed by atoms with Gasteiger partial charge in [0.2, 0.25) is 5.91 Å². The lowest BCUT2D eigenvalue weighted by Crippen LogP contribution is -2.44. The highest BCUT2D eigenvalue weighted by molar-refractivity contribution is 5.85. The van der Waals surface area contributed by atoms with Crippen LogP contribution in [0.4, 0.5) is 0 Å². The predicted octanol–water partition coefficient (Wildman–Crippen LogP) is 0.356. The molecule has 0 saturated carbocycles. The van der Waals surface area contributed by atoms with Crippen LogP contribution in [-0.4, -0.2) is 61.8 Å². The number of carbonyl (C=O) groups excluding carboxylic acids is 1. The molecule has 0 rings (SSSR count). The van der Waals surface area contributed by atoms with Crippen molar-refractivity contribution in [2.24, 2.45) is 0 Å². The lowest BCUT2D eigenvalue weighted by Gasteiger charge is -2.22. The summed E-state index contributed by atoms with van der Waals surface area (Å²) in [7, 11) is 3.24. The summed E-state index contributed by atoms with van der Waals surface area (Å²) in [6, 6.07) is -0.611. The van der Waals surface area contributed by atoms with Crippen LogP contribution in [0.2, 0.25) is 0 Å². The van der Waals surface area contributed by atoms with E-state index in [1.807, 2.05) is 0 Å². The van der Waals surface area contributed by atoms with E-state index in [9.17, 15) is 9.59 Å². The second kappa shape index (κ2) is 11.3. The van der Waals surface area contributed by atoms with Gasteiger partial charge in [-0.3, -0.25) is 14.5 Å². The third-order valence-electron chi connectivity index (χ3n) is 2.44. The normalized spacial score (nSPS) is 11.8. The summed E-state index contributed by atoms with van der Waals surface area (Å²) in [4.78, 5) is 23.9. The van der Waals surface area contributed by atoms with Crippen molar-refractivity contribution in [2.45, 2.75) is 25.8 Å². The smallest absolute Gasteiger partial charge is 0.320 e. The fourth-order valence-electron chi connectivity index (χ4n) is 1.51. The number of carboxylic acids is 1. The number of ether oxygens (including phenoxy) is 1. The molecule has 108 valence electrons. The highest BCUT2D eigenvalue weighted by Gasteiger charge is 2.21. The Morgan fingerprint density at radius 2 is 2.06 bits per heavy atom. The van der Waals surface area contributed by atoms with Gasteiger partial charge in [-0.1, -0.05) is 6.92 Å². The third kappa shape index (κ3) is 8.27. The zero-order valence-corrected chi connectivity index (χ0v) is 12.0. The van der Waals surface area contributed by atoms with Crippen LogP contribution in [0, 0.1) is 0 Å². The Balaban J connectivity index is 0. The molecule has 2 N–H and O–H groups in total. The molecule has 0 fully saturated rings. The molecule has 0 aromatic carbocycles. The number of methoxy groups -OCH3 is 1. The molecule has 1 amide bonds. The van der Waals surface area contributed by atoms with E-state index in [1.54, 1.807) is 21.1 Å². The van der Waals surface area contributed by atoms with E-state index in [0.717, 1.165) is 6.42 Å². The number of nitrogens with zero attached hydrogens (tertiary/aromatic N) is 1. The highest BCUT2D eigenvalue weighted by atomic mass is 35.5. The molecule has 0 aliphatic rings. The molecule has 0 aromatic rings. The first kappa shape index (κ1) is 19.5. The van der Waals surface area contributed by atoms with Gasteiger partial charge >= 0.3 is 5.97 Å². The molecule has 1 unspecified atom stereocenters. The first-order valence-corrected chi connectivity index (χ1v) is 5.71. The number of aliphatic carboxylic acids is 1. The number of halogens is 1. The molecule has 0 saturated heterocycles. The van der Waals surface area contributed by atoms with E-state index >= 15 is 0 Å². The lowest BCUT2D eigenvalue weighted by atomic mass is 10.2. The van der Waals surface area contributed by atoms with Crippen molar-refractivity contribution < 1.29 is 19.4 Å². The summed E-state index contributed by atoms with van der Waals surface area (Å²) >= 11 is 0. The number of rotatable bonds is 9. The summed E-state index contributed by atoms with van der Waals surface area (Å²) < 4.78 is 4.85. The molecule has 1 atom stereocenters. The van der Waals surface area contributed by atoms with Crippen LogP contribution in [0.25, 0.3) is 0 Å². The molecule has 6 nitrogen and oxygen atoms in total. The maximum absolute atomic E-state index is 11.5. The van der Waals surface area contributed by atoms with Gasteiger partial charge in [0.05, 0.1) is 6.54 Å². The van der Waals surface area contributed by atoms with E-state index in [4.69, 9.17) is 9.84 Å². The van der Waals surface area contributed by atoms with Gasteiger partial charge in [0.15, 0.2) is 0 Å². The van der Waals surface area contributed by atoms with Crippen molar-refractivity contribution in [2.75, 3.05) is 33.9 Å². The van der Waals surface area contributed by atoms with E-state index in [0.29, 0.717) is 19.6 Å². The summed E-state index contributed by atoms with van der Waals surface area (Å²) in [5.41, 5.74) is 0.